The van der Waals surface area contributed by atoms with E-state index in [4.69, 9.17) is 14.2 Å². The molecule has 1 unspecified atom stereocenters. The number of hydrogen-bond acceptors (Lipinski definition) is 5. The third-order valence-electron chi connectivity index (χ3n) is 11.4. The predicted octanol–water partition coefficient (Wildman–Crippen LogP) is 18.5. The largest absolute Gasteiger partial charge is 0.462 e. The lowest BCUT2D eigenvalue weighted by molar-refractivity contribution is -0.163. The van der Waals surface area contributed by atoms with Gasteiger partial charge in [-0.05, 0) is 116 Å². The SMILES string of the molecule is CC/C=C\C/C=C\C/C=C\CCCCCCCC(=O)OCC(COCCCCCCCCCC/C=C\C/C=C\CCCCC)OC(=O)CCCCCCC/C=C\C/C=C\CCCCC. The van der Waals surface area contributed by atoms with Crippen LogP contribution >= 0.6 is 0 Å². The molecule has 368 valence electrons. The summed E-state index contributed by atoms with van der Waals surface area (Å²) in [6, 6.07) is 0. The van der Waals surface area contributed by atoms with Gasteiger partial charge >= 0.3 is 11.9 Å². The van der Waals surface area contributed by atoms with E-state index in [0.717, 1.165) is 96.3 Å². The summed E-state index contributed by atoms with van der Waals surface area (Å²) in [6.07, 6.45) is 71.6. The maximum absolute atomic E-state index is 12.8. The molecule has 0 rings (SSSR count). The summed E-state index contributed by atoms with van der Waals surface area (Å²) in [4.78, 5) is 25.4. The summed E-state index contributed by atoms with van der Waals surface area (Å²) in [5.41, 5.74) is 0. The lowest BCUT2D eigenvalue weighted by Crippen LogP contribution is -2.30. The van der Waals surface area contributed by atoms with Crippen LogP contribution in [0.5, 0.6) is 0 Å². The smallest absolute Gasteiger partial charge is 0.306 e. The molecule has 0 aromatic carbocycles. The minimum Gasteiger partial charge on any atom is -0.462 e. The molecule has 0 saturated carbocycles. The third-order valence-corrected chi connectivity index (χ3v) is 11.4. The van der Waals surface area contributed by atoms with E-state index >= 15 is 0 Å². The van der Waals surface area contributed by atoms with Gasteiger partial charge < -0.3 is 14.2 Å². The van der Waals surface area contributed by atoms with E-state index in [2.05, 4.69) is 106 Å². The Morgan fingerprint density at radius 2 is 0.703 bits per heavy atom. The molecular formula is C59H102O5. The number of carbonyl (C=O) groups excluding carboxylic acids is 2. The van der Waals surface area contributed by atoms with Crippen LogP contribution < -0.4 is 0 Å². The lowest BCUT2D eigenvalue weighted by Gasteiger charge is -2.18. The molecule has 0 spiro atoms. The first kappa shape index (κ1) is 61.1. The molecule has 0 radical (unpaired) electrons. The average Bonchev–Trinajstić information content (AvgIpc) is 3.30. The second-order valence-corrected chi connectivity index (χ2v) is 17.7. The van der Waals surface area contributed by atoms with Crippen molar-refractivity contribution in [1.29, 1.82) is 0 Å². The summed E-state index contributed by atoms with van der Waals surface area (Å²) in [5, 5.41) is 0. The Morgan fingerprint density at radius 1 is 0.359 bits per heavy atom. The van der Waals surface area contributed by atoms with E-state index in [9.17, 15) is 9.59 Å². The van der Waals surface area contributed by atoms with Crippen molar-refractivity contribution in [2.45, 2.75) is 258 Å². The van der Waals surface area contributed by atoms with Gasteiger partial charge in [-0.15, -0.1) is 0 Å². The molecule has 5 heteroatoms. The van der Waals surface area contributed by atoms with E-state index in [1.807, 2.05) is 0 Å². The number of hydrogen-bond donors (Lipinski definition) is 0. The molecule has 0 fully saturated rings. The van der Waals surface area contributed by atoms with Gasteiger partial charge in [0.2, 0.25) is 0 Å². The van der Waals surface area contributed by atoms with Gasteiger partial charge in [0, 0.05) is 19.4 Å². The predicted molar refractivity (Wildman–Crippen MR) is 279 cm³/mol. The van der Waals surface area contributed by atoms with Gasteiger partial charge in [0.1, 0.15) is 6.61 Å². The molecule has 0 aromatic heterocycles. The van der Waals surface area contributed by atoms with Crippen molar-refractivity contribution in [2.24, 2.45) is 0 Å². The quantitative estimate of drug-likeness (QED) is 0.0346. The zero-order valence-electron chi connectivity index (χ0n) is 42.3. The molecule has 0 amide bonds. The van der Waals surface area contributed by atoms with Crippen LogP contribution in [0, 0.1) is 0 Å². The van der Waals surface area contributed by atoms with Crippen LogP contribution in [0.25, 0.3) is 0 Å². The van der Waals surface area contributed by atoms with Crippen LogP contribution in [0.1, 0.15) is 252 Å². The first-order chi connectivity index (χ1) is 31.6. The second kappa shape index (κ2) is 54.4. The number of allylic oxidation sites excluding steroid dienone is 14. The van der Waals surface area contributed by atoms with E-state index < -0.39 is 6.10 Å². The van der Waals surface area contributed by atoms with Gasteiger partial charge in [0.25, 0.3) is 0 Å². The topological polar surface area (TPSA) is 61.8 Å². The molecule has 1 atom stereocenters. The van der Waals surface area contributed by atoms with Gasteiger partial charge in [0.05, 0.1) is 6.61 Å². The molecule has 0 heterocycles. The van der Waals surface area contributed by atoms with Crippen molar-refractivity contribution in [3.8, 4) is 0 Å². The summed E-state index contributed by atoms with van der Waals surface area (Å²) >= 11 is 0. The van der Waals surface area contributed by atoms with Crippen LogP contribution in [-0.4, -0.2) is 37.9 Å². The van der Waals surface area contributed by atoms with Crippen molar-refractivity contribution < 1.29 is 23.8 Å². The van der Waals surface area contributed by atoms with Crippen molar-refractivity contribution in [1.82, 2.24) is 0 Å². The lowest BCUT2D eigenvalue weighted by atomic mass is 10.1. The van der Waals surface area contributed by atoms with Gasteiger partial charge in [-0.2, -0.15) is 0 Å². The highest BCUT2D eigenvalue weighted by Crippen LogP contribution is 2.14. The Labute approximate surface area is 397 Å². The highest BCUT2D eigenvalue weighted by Gasteiger charge is 2.17. The number of unbranched alkanes of at least 4 members (excludes halogenated alkanes) is 24. The fourth-order valence-corrected chi connectivity index (χ4v) is 7.35. The zero-order chi connectivity index (χ0) is 46.3. The summed E-state index contributed by atoms with van der Waals surface area (Å²) in [5.74, 6) is -0.434. The monoisotopic (exact) mass is 891 g/mol. The van der Waals surface area contributed by atoms with Gasteiger partial charge in [0.15, 0.2) is 6.10 Å². The van der Waals surface area contributed by atoms with Crippen molar-refractivity contribution in [3.63, 3.8) is 0 Å². The number of ether oxygens (including phenoxy) is 3. The van der Waals surface area contributed by atoms with Crippen LogP contribution in [0.3, 0.4) is 0 Å². The van der Waals surface area contributed by atoms with E-state index in [1.54, 1.807) is 0 Å². The highest BCUT2D eigenvalue weighted by molar-refractivity contribution is 5.70. The molecule has 0 aliphatic carbocycles. The van der Waals surface area contributed by atoms with Crippen LogP contribution in [0.2, 0.25) is 0 Å². The molecule has 0 bridgehead atoms. The molecule has 0 aliphatic heterocycles. The minimum absolute atomic E-state index is 0.0651. The average molecular weight is 891 g/mol. The van der Waals surface area contributed by atoms with E-state index in [1.165, 1.54) is 122 Å². The van der Waals surface area contributed by atoms with Crippen molar-refractivity contribution >= 4 is 11.9 Å². The third kappa shape index (κ3) is 51.7. The summed E-state index contributed by atoms with van der Waals surface area (Å²) in [6.45, 7) is 7.63. The summed E-state index contributed by atoms with van der Waals surface area (Å²) < 4.78 is 17.4. The van der Waals surface area contributed by atoms with Crippen molar-refractivity contribution in [3.05, 3.63) is 85.1 Å². The van der Waals surface area contributed by atoms with Gasteiger partial charge in [-0.25, -0.2) is 0 Å². The van der Waals surface area contributed by atoms with Crippen LogP contribution in [0.15, 0.2) is 85.1 Å². The number of rotatable bonds is 49. The molecule has 0 saturated heterocycles. The molecular weight excluding hydrogens is 789 g/mol. The normalized spacial score (nSPS) is 12.9. The van der Waals surface area contributed by atoms with E-state index in [-0.39, 0.29) is 25.2 Å². The van der Waals surface area contributed by atoms with Crippen LogP contribution in [0.4, 0.5) is 0 Å². The zero-order valence-corrected chi connectivity index (χ0v) is 42.3. The van der Waals surface area contributed by atoms with Crippen molar-refractivity contribution in [2.75, 3.05) is 19.8 Å². The first-order valence-corrected chi connectivity index (χ1v) is 27.1. The summed E-state index contributed by atoms with van der Waals surface area (Å²) in [7, 11) is 0. The Balaban J connectivity index is 4.33. The van der Waals surface area contributed by atoms with Gasteiger partial charge in [-0.1, -0.05) is 209 Å². The fourth-order valence-electron chi connectivity index (χ4n) is 7.35. The molecule has 0 N–H and O–H groups in total. The first-order valence-electron chi connectivity index (χ1n) is 27.1. The Bertz CT molecular complexity index is 1190. The maximum atomic E-state index is 12.8. The molecule has 64 heavy (non-hydrogen) atoms. The van der Waals surface area contributed by atoms with E-state index in [0.29, 0.717) is 19.4 Å². The highest BCUT2D eigenvalue weighted by atomic mass is 16.6. The van der Waals surface area contributed by atoms with Gasteiger partial charge in [-0.3, -0.25) is 9.59 Å². The minimum atomic E-state index is -0.558. The molecule has 0 aromatic rings. The Kier molecular flexibility index (Phi) is 51.9. The number of carbonyl (C=O) groups is 2. The Hall–Kier alpha value is -2.92. The fraction of sp³-hybridized carbons (Fsp3) is 0.729. The molecule has 5 nitrogen and oxygen atoms in total. The molecule has 0 aliphatic rings. The Morgan fingerprint density at radius 3 is 1.12 bits per heavy atom. The standard InChI is InChI=1S/C59H102O5/c1-4-7-10-13-16-19-22-25-28-29-30-33-36-39-42-45-48-51-54-62-55-57(64-59(61)53-50-47-44-41-38-35-32-27-24-21-18-15-12-9-6-3)56-63-58(60)52-49-46-43-40-37-34-31-26-23-20-17-14-11-8-5-2/h8,11,16-21,25-28,31-32,57H,4-7,9-10,12-15,22-24,29-30,33-56H2,1-3H3/b11-8-,19-16-,20-17-,21-18-,28-25-,31-26-,32-27-. The maximum Gasteiger partial charge on any atom is 0.306 e. The van der Waals surface area contributed by atoms with Crippen LogP contribution in [-0.2, 0) is 23.8 Å². The number of esters is 2. The second-order valence-electron chi connectivity index (χ2n) is 17.7.